The number of ether oxygens (including phenoxy) is 2. The first kappa shape index (κ1) is 16.5. The minimum atomic E-state index is -0.499. The second kappa shape index (κ2) is 6.52. The van der Waals surface area contributed by atoms with Gasteiger partial charge in [-0.2, -0.15) is 0 Å². The molecule has 0 saturated carbocycles. The van der Waals surface area contributed by atoms with Crippen molar-refractivity contribution < 1.29 is 14.3 Å². The summed E-state index contributed by atoms with van der Waals surface area (Å²) < 4.78 is 10.7. The molecule has 1 aliphatic heterocycles. The smallest absolute Gasteiger partial charge is 0.410 e. The highest BCUT2D eigenvalue weighted by molar-refractivity contribution is 5.69. The molecule has 0 spiro atoms. The van der Waals surface area contributed by atoms with E-state index in [4.69, 9.17) is 9.47 Å². The molecule has 0 aliphatic carbocycles. The Kier molecular flexibility index (Phi) is 4.90. The molecule has 122 valence electrons. The number of pyridine rings is 1. The van der Waals surface area contributed by atoms with Crippen molar-refractivity contribution in [1.82, 2.24) is 15.2 Å². The molecule has 0 bridgehead atoms. The van der Waals surface area contributed by atoms with E-state index in [-0.39, 0.29) is 12.1 Å². The molecule has 1 saturated heterocycles. The Balaban J connectivity index is 2.22. The van der Waals surface area contributed by atoms with Gasteiger partial charge in [-0.3, -0.25) is 4.90 Å². The molecule has 1 N–H and O–H groups in total. The molecular formula is C16H25N3O3. The summed E-state index contributed by atoms with van der Waals surface area (Å²) in [5.74, 6) is 0.608. The summed E-state index contributed by atoms with van der Waals surface area (Å²) in [7, 11) is 1.60. The van der Waals surface area contributed by atoms with Gasteiger partial charge in [0.2, 0.25) is 5.88 Å². The second-order valence-electron chi connectivity index (χ2n) is 6.49. The van der Waals surface area contributed by atoms with Crippen LogP contribution in [0.4, 0.5) is 4.79 Å². The zero-order valence-electron chi connectivity index (χ0n) is 14.0. The van der Waals surface area contributed by atoms with E-state index in [1.165, 1.54) is 0 Å². The fraction of sp³-hybridized carbons (Fsp3) is 0.625. The number of aryl methyl sites for hydroxylation is 1. The van der Waals surface area contributed by atoms with Gasteiger partial charge in [-0.05, 0) is 39.3 Å². The Bertz CT molecular complexity index is 540. The number of aromatic nitrogens is 1. The normalized spacial score (nSPS) is 19.0. The second-order valence-corrected chi connectivity index (χ2v) is 6.49. The third kappa shape index (κ3) is 3.88. The molecule has 6 nitrogen and oxygen atoms in total. The maximum Gasteiger partial charge on any atom is 0.410 e. The third-order valence-electron chi connectivity index (χ3n) is 3.50. The molecule has 2 rings (SSSR count). The van der Waals surface area contributed by atoms with Crippen molar-refractivity contribution in [2.75, 3.05) is 26.7 Å². The lowest BCUT2D eigenvalue weighted by molar-refractivity contribution is 0.0117. The lowest BCUT2D eigenvalue weighted by Gasteiger charge is -2.37. The molecule has 1 aromatic heterocycles. The van der Waals surface area contributed by atoms with Gasteiger partial charge in [0.1, 0.15) is 5.60 Å². The van der Waals surface area contributed by atoms with Gasteiger partial charge in [-0.15, -0.1) is 0 Å². The van der Waals surface area contributed by atoms with E-state index in [0.717, 1.165) is 17.7 Å². The van der Waals surface area contributed by atoms with Crippen molar-refractivity contribution in [3.63, 3.8) is 0 Å². The molecule has 1 aliphatic rings. The SMILES string of the molecule is COc1ncc(C2CNCCN2C(=O)OC(C)(C)C)cc1C. The largest absolute Gasteiger partial charge is 0.481 e. The molecule has 6 heteroatoms. The highest BCUT2D eigenvalue weighted by atomic mass is 16.6. The van der Waals surface area contributed by atoms with E-state index in [2.05, 4.69) is 10.3 Å². The summed E-state index contributed by atoms with van der Waals surface area (Å²) in [5.41, 5.74) is 1.44. The number of nitrogens with zero attached hydrogens (tertiary/aromatic N) is 2. The van der Waals surface area contributed by atoms with Crippen LogP contribution in [0.5, 0.6) is 5.88 Å². The lowest BCUT2D eigenvalue weighted by Crippen LogP contribution is -2.50. The van der Waals surface area contributed by atoms with Gasteiger partial charge in [-0.25, -0.2) is 9.78 Å². The molecule has 1 aromatic rings. The van der Waals surface area contributed by atoms with Crippen molar-refractivity contribution in [2.45, 2.75) is 39.3 Å². The number of methoxy groups -OCH3 is 1. The number of nitrogens with one attached hydrogen (secondary N) is 1. The summed E-state index contributed by atoms with van der Waals surface area (Å²) >= 11 is 0. The molecule has 22 heavy (non-hydrogen) atoms. The number of hydrogen-bond acceptors (Lipinski definition) is 5. The average molecular weight is 307 g/mol. The Hall–Kier alpha value is -1.82. The molecule has 1 fully saturated rings. The van der Waals surface area contributed by atoms with E-state index in [1.807, 2.05) is 33.8 Å². The van der Waals surface area contributed by atoms with Gasteiger partial charge < -0.3 is 14.8 Å². The summed E-state index contributed by atoms with van der Waals surface area (Å²) in [6.45, 7) is 9.64. The minimum absolute atomic E-state index is 0.0827. The number of carbonyl (C=O) groups excluding carboxylic acids is 1. The monoisotopic (exact) mass is 307 g/mol. The van der Waals surface area contributed by atoms with Gasteiger partial charge in [0.25, 0.3) is 0 Å². The Labute approximate surface area is 131 Å². The topological polar surface area (TPSA) is 63.7 Å². The summed E-state index contributed by atoms with van der Waals surface area (Å²) in [4.78, 5) is 18.5. The number of carbonyl (C=O) groups is 1. The average Bonchev–Trinajstić information content (AvgIpc) is 2.45. The van der Waals surface area contributed by atoms with Gasteiger partial charge in [-0.1, -0.05) is 0 Å². The number of rotatable bonds is 2. The fourth-order valence-corrected chi connectivity index (χ4v) is 2.52. The van der Waals surface area contributed by atoms with E-state index in [9.17, 15) is 4.79 Å². The molecule has 1 atom stereocenters. The molecular weight excluding hydrogens is 282 g/mol. The maximum absolute atomic E-state index is 12.4. The van der Waals surface area contributed by atoms with Gasteiger partial charge >= 0.3 is 6.09 Å². The van der Waals surface area contributed by atoms with Crippen LogP contribution >= 0.6 is 0 Å². The van der Waals surface area contributed by atoms with Crippen molar-refractivity contribution in [3.8, 4) is 5.88 Å². The molecule has 2 heterocycles. The van der Waals surface area contributed by atoms with Crippen LogP contribution in [0, 0.1) is 6.92 Å². The Morgan fingerprint density at radius 2 is 2.18 bits per heavy atom. The van der Waals surface area contributed by atoms with Crippen molar-refractivity contribution in [3.05, 3.63) is 23.4 Å². The number of hydrogen-bond donors (Lipinski definition) is 1. The lowest BCUT2D eigenvalue weighted by atomic mass is 10.0. The zero-order valence-corrected chi connectivity index (χ0v) is 14.0. The van der Waals surface area contributed by atoms with Crippen molar-refractivity contribution >= 4 is 6.09 Å². The van der Waals surface area contributed by atoms with Gasteiger partial charge in [0, 0.05) is 31.4 Å². The van der Waals surface area contributed by atoms with Crippen molar-refractivity contribution in [1.29, 1.82) is 0 Å². The molecule has 1 amide bonds. The van der Waals surface area contributed by atoms with Crippen LogP contribution in [-0.4, -0.2) is 48.3 Å². The minimum Gasteiger partial charge on any atom is -0.481 e. The van der Waals surface area contributed by atoms with Gasteiger partial charge in [0.05, 0.1) is 13.2 Å². The predicted molar refractivity (Wildman–Crippen MR) is 84.1 cm³/mol. The first-order chi connectivity index (χ1) is 10.3. The first-order valence-electron chi connectivity index (χ1n) is 7.52. The maximum atomic E-state index is 12.4. The van der Waals surface area contributed by atoms with Crippen LogP contribution in [0.3, 0.4) is 0 Å². The van der Waals surface area contributed by atoms with Gasteiger partial charge in [0.15, 0.2) is 0 Å². The standard InChI is InChI=1S/C16H25N3O3/c1-11-8-12(9-18-14(11)21-5)13-10-17-6-7-19(13)15(20)22-16(2,3)4/h8-9,13,17H,6-7,10H2,1-5H3. The molecule has 0 aromatic carbocycles. The van der Waals surface area contributed by atoms with Crippen LogP contribution < -0.4 is 10.1 Å². The predicted octanol–water partition coefficient (Wildman–Crippen LogP) is 2.28. The van der Waals surface area contributed by atoms with E-state index in [0.29, 0.717) is 19.0 Å². The summed E-state index contributed by atoms with van der Waals surface area (Å²) in [6.07, 6.45) is 1.48. The van der Waals surface area contributed by atoms with Crippen LogP contribution in [0.1, 0.15) is 37.9 Å². The van der Waals surface area contributed by atoms with Crippen LogP contribution in [0.2, 0.25) is 0 Å². The fourth-order valence-electron chi connectivity index (χ4n) is 2.52. The quantitative estimate of drug-likeness (QED) is 0.908. The van der Waals surface area contributed by atoms with E-state index in [1.54, 1.807) is 18.2 Å². The molecule has 0 radical (unpaired) electrons. The first-order valence-corrected chi connectivity index (χ1v) is 7.52. The zero-order chi connectivity index (χ0) is 16.3. The van der Waals surface area contributed by atoms with Crippen LogP contribution in [-0.2, 0) is 4.74 Å². The molecule has 1 unspecified atom stereocenters. The van der Waals surface area contributed by atoms with Crippen LogP contribution in [0.15, 0.2) is 12.3 Å². The number of piperazine rings is 1. The van der Waals surface area contributed by atoms with Crippen LogP contribution in [0.25, 0.3) is 0 Å². The van der Waals surface area contributed by atoms with E-state index >= 15 is 0 Å². The highest BCUT2D eigenvalue weighted by Gasteiger charge is 2.31. The highest BCUT2D eigenvalue weighted by Crippen LogP contribution is 2.26. The van der Waals surface area contributed by atoms with E-state index < -0.39 is 5.60 Å². The number of amides is 1. The van der Waals surface area contributed by atoms with Crippen molar-refractivity contribution in [2.24, 2.45) is 0 Å². The Morgan fingerprint density at radius 1 is 1.45 bits per heavy atom. The summed E-state index contributed by atoms with van der Waals surface area (Å²) in [6, 6.07) is 1.93. The third-order valence-corrected chi connectivity index (χ3v) is 3.50. The summed E-state index contributed by atoms with van der Waals surface area (Å²) in [5, 5.41) is 3.32. The Morgan fingerprint density at radius 3 is 2.77 bits per heavy atom.